The van der Waals surface area contributed by atoms with Crippen molar-refractivity contribution in [1.29, 1.82) is 0 Å². The molecule has 5 nitrogen and oxygen atoms in total. The van der Waals surface area contributed by atoms with Crippen molar-refractivity contribution in [3.63, 3.8) is 0 Å². The molecule has 110 valence electrons. The number of carbonyl (C=O) groups excluding carboxylic acids is 1. The van der Waals surface area contributed by atoms with Gasteiger partial charge in [0.15, 0.2) is 0 Å². The summed E-state index contributed by atoms with van der Waals surface area (Å²) in [6.45, 7) is 1.02. The predicted octanol–water partition coefficient (Wildman–Crippen LogP) is 2.83. The zero-order valence-electron chi connectivity index (χ0n) is 11.8. The Morgan fingerprint density at radius 3 is 3.10 bits per heavy atom. The molecule has 1 aromatic carbocycles. The summed E-state index contributed by atoms with van der Waals surface area (Å²) in [5, 5.41) is 9.02. The predicted molar refractivity (Wildman–Crippen MR) is 83.0 cm³/mol. The summed E-state index contributed by atoms with van der Waals surface area (Å²) in [6.07, 6.45) is 2.24. The third-order valence-electron chi connectivity index (χ3n) is 3.47. The molecule has 1 amide bonds. The SMILES string of the molecule is COc1ccccc1NC(=O)c1csc(C2CCCN2)n1. The number of rotatable bonds is 4. The van der Waals surface area contributed by atoms with E-state index in [9.17, 15) is 4.79 Å². The summed E-state index contributed by atoms with van der Waals surface area (Å²) < 4.78 is 5.23. The molecule has 1 fully saturated rings. The molecule has 0 bridgehead atoms. The van der Waals surface area contributed by atoms with Gasteiger partial charge in [0.2, 0.25) is 0 Å². The number of carbonyl (C=O) groups is 1. The van der Waals surface area contributed by atoms with Crippen LogP contribution in [0.4, 0.5) is 5.69 Å². The molecule has 1 aliphatic heterocycles. The molecule has 3 rings (SSSR count). The second-order valence-corrected chi connectivity index (χ2v) is 5.76. The normalized spacial score (nSPS) is 17.7. The maximum Gasteiger partial charge on any atom is 0.275 e. The molecule has 2 aromatic rings. The maximum absolute atomic E-state index is 12.3. The maximum atomic E-state index is 12.3. The minimum Gasteiger partial charge on any atom is -0.495 e. The van der Waals surface area contributed by atoms with E-state index in [0.29, 0.717) is 23.2 Å². The van der Waals surface area contributed by atoms with Gasteiger partial charge in [-0.05, 0) is 31.5 Å². The lowest BCUT2D eigenvalue weighted by atomic mass is 10.2. The Labute approximate surface area is 127 Å². The summed E-state index contributed by atoms with van der Waals surface area (Å²) in [5.74, 6) is 0.429. The first-order valence-corrected chi connectivity index (χ1v) is 7.79. The first-order chi connectivity index (χ1) is 10.3. The number of nitrogens with zero attached hydrogens (tertiary/aromatic N) is 1. The lowest BCUT2D eigenvalue weighted by molar-refractivity contribution is 0.102. The second kappa shape index (κ2) is 6.24. The molecule has 1 saturated heterocycles. The summed E-state index contributed by atoms with van der Waals surface area (Å²) in [4.78, 5) is 16.7. The van der Waals surface area contributed by atoms with Gasteiger partial charge < -0.3 is 15.4 Å². The van der Waals surface area contributed by atoms with Crippen molar-refractivity contribution in [2.75, 3.05) is 19.0 Å². The Kier molecular flexibility index (Phi) is 4.17. The van der Waals surface area contributed by atoms with Crippen molar-refractivity contribution >= 4 is 22.9 Å². The molecule has 2 heterocycles. The number of benzene rings is 1. The molecule has 1 atom stereocenters. The average Bonchev–Trinajstić information content (AvgIpc) is 3.18. The van der Waals surface area contributed by atoms with Gasteiger partial charge >= 0.3 is 0 Å². The molecule has 1 aliphatic rings. The zero-order chi connectivity index (χ0) is 14.7. The molecule has 1 unspecified atom stereocenters. The van der Waals surface area contributed by atoms with Crippen LogP contribution in [-0.2, 0) is 0 Å². The smallest absolute Gasteiger partial charge is 0.275 e. The minimum absolute atomic E-state index is 0.208. The summed E-state index contributed by atoms with van der Waals surface area (Å²) in [7, 11) is 1.58. The molecule has 0 saturated carbocycles. The van der Waals surface area contributed by atoms with Gasteiger partial charge in [-0.25, -0.2) is 4.98 Å². The third kappa shape index (κ3) is 3.06. The van der Waals surface area contributed by atoms with Crippen molar-refractivity contribution in [3.8, 4) is 5.75 Å². The van der Waals surface area contributed by atoms with Crippen molar-refractivity contribution < 1.29 is 9.53 Å². The van der Waals surface area contributed by atoms with Gasteiger partial charge in [-0.3, -0.25) is 4.79 Å². The first kappa shape index (κ1) is 14.0. The summed E-state index contributed by atoms with van der Waals surface area (Å²) in [6, 6.07) is 7.63. The number of thiazole rings is 1. The zero-order valence-corrected chi connectivity index (χ0v) is 12.6. The van der Waals surface area contributed by atoms with E-state index >= 15 is 0 Å². The van der Waals surface area contributed by atoms with Crippen LogP contribution in [0.25, 0.3) is 0 Å². The van der Waals surface area contributed by atoms with Crippen molar-refractivity contribution in [2.45, 2.75) is 18.9 Å². The molecule has 6 heteroatoms. The lowest BCUT2D eigenvalue weighted by Crippen LogP contribution is -2.15. The Balaban J connectivity index is 1.73. The molecular weight excluding hydrogens is 286 g/mol. The molecular formula is C15H17N3O2S. The monoisotopic (exact) mass is 303 g/mol. The highest BCUT2D eigenvalue weighted by molar-refractivity contribution is 7.09. The van der Waals surface area contributed by atoms with Crippen molar-refractivity contribution in [1.82, 2.24) is 10.3 Å². The fraction of sp³-hybridized carbons (Fsp3) is 0.333. The highest BCUT2D eigenvalue weighted by Gasteiger charge is 2.21. The van der Waals surface area contributed by atoms with Gasteiger partial charge in [0, 0.05) is 5.38 Å². The van der Waals surface area contributed by atoms with E-state index in [1.807, 2.05) is 24.3 Å². The van der Waals surface area contributed by atoms with E-state index in [-0.39, 0.29) is 5.91 Å². The number of aromatic nitrogens is 1. The number of nitrogens with one attached hydrogen (secondary N) is 2. The topological polar surface area (TPSA) is 63.2 Å². The van der Waals surface area contributed by atoms with Gasteiger partial charge in [0.05, 0.1) is 18.8 Å². The van der Waals surface area contributed by atoms with Gasteiger partial charge in [-0.2, -0.15) is 0 Å². The largest absolute Gasteiger partial charge is 0.495 e. The fourth-order valence-electron chi connectivity index (χ4n) is 2.38. The number of hydrogen-bond donors (Lipinski definition) is 2. The third-order valence-corrected chi connectivity index (χ3v) is 4.43. The summed E-state index contributed by atoms with van der Waals surface area (Å²) >= 11 is 1.53. The van der Waals surface area contributed by atoms with E-state index < -0.39 is 0 Å². The van der Waals surface area contributed by atoms with Gasteiger partial charge in [-0.1, -0.05) is 12.1 Å². The first-order valence-electron chi connectivity index (χ1n) is 6.91. The van der Waals surface area contributed by atoms with Gasteiger partial charge in [0.1, 0.15) is 16.5 Å². The van der Waals surface area contributed by atoms with E-state index in [4.69, 9.17) is 4.74 Å². The van der Waals surface area contributed by atoms with E-state index in [0.717, 1.165) is 24.4 Å². The number of para-hydroxylation sites is 2. The van der Waals surface area contributed by atoms with E-state index in [1.54, 1.807) is 12.5 Å². The van der Waals surface area contributed by atoms with Crippen LogP contribution in [0.15, 0.2) is 29.6 Å². The van der Waals surface area contributed by atoms with Crippen LogP contribution in [0.3, 0.4) is 0 Å². The standard InChI is InChI=1S/C15H17N3O2S/c1-20-13-7-3-2-5-10(13)17-14(19)12-9-21-15(18-12)11-6-4-8-16-11/h2-3,5,7,9,11,16H,4,6,8H2,1H3,(H,17,19). The fourth-order valence-corrected chi connectivity index (χ4v) is 3.29. The Morgan fingerprint density at radius 1 is 1.48 bits per heavy atom. The Morgan fingerprint density at radius 2 is 2.33 bits per heavy atom. The van der Waals surface area contributed by atoms with Gasteiger partial charge in [0.25, 0.3) is 5.91 Å². The van der Waals surface area contributed by atoms with Crippen LogP contribution in [-0.4, -0.2) is 24.5 Å². The average molecular weight is 303 g/mol. The quantitative estimate of drug-likeness (QED) is 0.911. The number of ether oxygens (including phenoxy) is 1. The lowest BCUT2D eigenvalue weighted by Gasteiger charge is -2.08. The minimum atomic E-state index is -0.208. The number of anilines is 1. The van der Waals surface area contributed by atoms with Crippen LogP contribution in [0, 0.1) is 0 Å². The van der Waals surface area contributed by atoms with Gasteiger partial charge in [-0.15, -0.1) is 11.3 Å². The Hall–Kier alpha value is -1.92. The molecule has 2 N–H and O–H groups in total. The highest BCUT2D eigenvalue weighted by Crippen LogP contribution is 2.27. The number of hydrogen-bond acceptors (Lipinski definition) is 5. The van der Waals surface area contributed by atoms with Crippen LogP contribution < -0.4 is 15.4 Å². The molecule has 1 aromatic heterocycles. The number of methoxy groups -OCH3 is 1. The second-order valence-electron chi connectivity index (χ2n) is 4.87. The molecule has 21 heavy (non-hydrogen) atoms. The molecule has 0 spiro atoms. The van der Waals surface area contributed by atoms with Crippen molar-refractivity contribution in [3.05, 3.63) is 40.3 Å². The molecule has 0 radical (unpaired) electrons. The van der Waals surface area contributed by atoms with Crippen LogP contribution in [0.2, 0.25) is 0 Å². The van der Waals surface area contributed by atoms with Crippen molar-refractivity contribution in [2.24, 2.45) is 0 Å². The van der Waals surface area contributed by atoms with Crippen LogP contribution in [0.5, 0.6) is 5.75 Å². The van der Waals surface area contributed by atoms with E-state index in [1.165, 1.54) is 11.3 Å². The Bertz CT molecular complexity index is 635. The number of amides is 1. The molecule has 0 aliphatic carbocycles. The van der Waals surface area contributed by atoms with Crippen LogP contribution >= 0.6 is 11.3 Å². The highest BCUT2D eigenvalue weighted by atomic mass is 32.1. The van der Waals surface area contributed by atoms with E-state index in [2.05, 4.69) is 15.6 Å². The van der Waals surface area contributed by atoms with Crippen LogP contribution in [0.1, 0.15) is 34.4 Å². The summed E-state index contributed by atoms with van der Waals surface area (Å²) in [5.41, 5.74) is 1.10.